The monoisotopic (exact) mass is 236 g/mol. The molecule has 1 N–H and O–H groups in total. The summed E-state index contributed by atoms with van der Waals surface area (Å²) >= 11 is 0. The Morgan fingerprint density at radius 3 is 3.24 bits per heavy atom. The van der Waals surface area contributed by atoms with Crippen molar-refractivity contribution in [3.63, 3.8) is 0 Å². The van der Waals surface area contributed by atoms with Crippen molar-refractivity contribution in [2.75, 3.05) is 33.3 Å². The molecule has 1 saturated heterocycles. The second-order valence-electron chi connectivity index (χ2n) is 4.31. The third kappa shape index (κ3) is 3.46. The standard InChI is InChI=1S/C12H20N4O/c1-3-13-8-10-4-5-14-12(15-10)11-9-16(2)6-7-17-11/h4-5,11,13H,3,6-9H2,1-2H3. The third-order valence-corrected chi connectivity index (χ3v) is 2.85. The first-order chi connectivity index (χ1) is 8.29. The van der Waals surface area contributed by atoms with Crippen LogP contribution in [0, 0.1) is 0 Å². The van der Waals surface area contributed by atoms with Crippen molar-refractivity contribution in [2.24, 2.45) is 0 Å². The maximum Gasteiger partial charge on any atom is 0.158 e. The van der Waals surface area contributed by atoms with Crippen LogP contribution in [0.3, 0.4) is 0 Å². The van der Waals surface area contributed by atoms with Crippen LogP contribution in [0.15, 0.2) is 12.3 Å². The molecule has 94 valence electrons. The summed E-state index contributed by atoms with van der Waals surface area (Å²) in [5, 5.41) is 3.26. The normalized spacial score (nSPS) is 21.6. The van der Waals surface area contributed by atoms with Gasteiger partial charge in [0.05, 0.1) is 12.3 Å². The molecule has 0 saturated carbocycles. The average molecular weight is 236 g/mol. The molecule has 0 aliphatic carbocycles. The van der Waals surface area contributed by atoms with E-state index in [2.05, 4.69) is 34.2 Å². The Morgan fingerprint density at radius 1 is 1.59 bits per heavy atom. The predicted octanol–water partition coefficient (Wildman–Crippen LogP) is 0.589. The Bertz CT molecular complexity index is 358. The molecule has 2 heterocycles. The van der Waals surface area contributed by atoms with Gasteiger partial charge in [-0.25, -0.2) is 9.97 Å². The summed E-state index contributed by atoms with van der Waals surface area (Å²) in [7, 11) is 2.10. The molecular weight excluding hydrogens is 216 g/mol. The first-order valence-electron chi connectivity index (χ1n) is 6.12. The number of nitrogens with zero attached hydrogens (tertiary/aromatic N) is 3. The smallest absolute Gasteiger partial charge is 0.158 e. The fourth-order valence-electron chi connectivity index (χ4n) is 1.85. The third-order valence-electron chi connectivity index (χ3n) is 2.85. The Labute approximate surface area is 102 Å². The van der Waals surface area contributed by atoms with E-state index in [1.807, 2.05) is 12.3 Å². The maximum atomic E-state index is 5.71. The van der Waals surface area contributed by atoms with Gasteiger partial charge in [-0.1, -0.05) is 6.92 Å². The summed E-state index contributed by atoms with van der Waals surface area (Å²) < 4.78 is 5.71. The number of ether oxygens (including phenoxy) is 1. The van der Waals surface area contributed by atoms with E-state index in [1.165, 1.54) is 0 Å². The highest BCUT2D eigenvalue weighted by atomic mass is 16.5. The lowest BCUT2D eigenvalue weighted by atomic mass is 10.2. The number of hydrogen-bond donors (Lipinski definition) is 1. The van der Waals surface area contributed by atoms with Crippen LogP contribution in [-0.4, -0.2) is 48.2 Å². The number of aromatic nitrogens is 2. The summed E-state index contributed by atoms with van der Waals surface area (Å²) in [6.45, 7) is 6.41. The lowest BCUT2D eigenvalue weighted by Crippen LogP contribution is -2.36. The second-order valence-corrected chi connectivity index (χ2v) is 4.31. The molecule has 1 aromatic rings. The van der Waals surface area contributed by atoms with Gasteiger partial charge in [0.1, 0.15) is 6.10 Å². The molecular formula is C12H20N4O. The Kier molecular flexibility index (Phi) is 4.42. The molecule has 1 fully saturated rings. The largest absolute Gasteiger partial charge is 0.368 e. The SMILES string of the molecule is CCNCc1ccnc(C2CN(C)CCO2)n1. The Balaban J connectivity index is 2.04. The molecule has 1 unspecified atom stereocenters. The van der Waals surface area contributed by atoms with Gasteiger partial charge in [-0.2, -0.15) is 0 Å². The number of hydrogen-bond acceptors (Lipinski definition) is 5. The molecule has 0 bridgehead atoms. The second kappa shape index (κ2) is 6.05. The van der Waals surface area contributed by atoms with E-state index in [1.54, 1.807) is 0 Å². The minimum absolute atomic E-state index is 0.00956. The Hall–Kier alpha value is -1.04. The molecule has 5 heteroatoms. The Morgan fingerprint density at radius 2 is 2.47 bits per heavy atom. The molecule has 1 aromatic heterocycles. The zero-order valence-electron chi connectivity index (χ0n) is 10.5. The summed E-state index contributed by atoms with van der Waals surface area (Å²) in [5.74, 6) is 0.798. The number of likely N-dealkylation sites (N-methyl/N-ethyl adjacent to an activating group) is 1. The van der Waals surface area contributed by atoms with Crippen molar-refractivity contribution in [3.8, 4) is 0 Å². The highest BCUT2D eigenvalue weighted by Crippen LogP contribution is 2.17. The number of rotatable bonds is 4. The van der Waals surface area contributed by atoms with E-state index in [9.17, 15) is 0 Å². The van der Waals surface area contributed by atoms with Crippen LogP contribution in [0.5, 0.6) is 0 Å². The van der Waals surface area contributed by atoms with Crippen LogP contribution in [0.1, 0.15) is 24.5 Å². The minimum atomic E-state index is 0.00956. The molecule has 2 rings (SSSR count). The zero-order chi connectivity index (χ0) is 12.1. The quantitative estimate of drug-likeness (QED) is 0.829. The maximum absolute atomic E-state index is 5.71. The fourth-order valence-corrected chi connectivity index (χ4v) is 1.85. The molecule has 1 aliphatic rings. The minimum Gasteiger partial charge on any atom is -0.368 e. The van der Waals surface area contributed by atoms with Crippen molar-refractivity contribution in [1.82, 2.24) is 20.2 Å². The van der Waals surface area contributed by atoms with E-state index in [0.717, 1.165) is 44.3 Å². The van der Waals surface area contributed by atoms with Gasteiger partial charge in [0, 0.05) is 25.8 Å². The van der Waals surface area contributed by atoms with Gasteiger partial charge in [-0.05, 0) is 19.7 Å². The predicted molar refractivity (Wildman–Crippen MR) is 65.6 cm³/mol. The summed E-state index contributed by atoms with van der Waals surface area (Å²) in [4.78, 5) is 11.1. The lowest BCUT2D eigenvalue weighted by Gasteiger charge is -2.29. The van der Waals surface area contributed by atoms with E-state index in [-0.39, 0.29) is 6.10 Å². The zero-order valence-corrected chi connectivity index (χ0v) is 10.5. The molecule has 0 radical (unpaired) electrons. The molecule has 0 spiro atoms. The van der Waals surface area contributed by atoms with Crippen LogP contribution in [0.2, 0.25) is 0 Å². The van der Waals surface area contributed by atoms with Gasteiger partial charge >= 0.3 is 0 Å². The van der Waals surface area contributed by atoms with Crippen molar-refractivity contribution in [2.45, 2.75) is 19.6 Å². The van der Waals surface area contributed by atoms with Crippen molar-refractivity contribution < 1.29 is 4.74 Å². The summed E-state index contributed by atoms with van der Waals surface area (Å²) in [6.07, 6.45) is 1.82. The van der Waals surface area contributed by atoms with Crippen molar-refractivity contribution in [1.29, 1.82) is 0 Å². The van der Waals surface area contributed by atoms with Crippen LogP contribution in [0.25, 0.3) is 0 Å². The first-order valence-corrected chi connectivity index (χ1v) is 6.12. The molecule has 1 aliphatic heterocycles. The van der Waals surface area contributed by atoms with Gasteiger partial charge in [-0.3, -0.25) is 0 Å². The average Bonchev–Trinajstić information content (AvgIpc) is 2.37. The molecule has 0 amide bonds. The summed E-state index contributed by atoms with van der Waals surface area (Å²) in [5.41, 5.74) is 1.02. The van der Waals surface area contributed by atoms with Crippen LogP contribution in [-0.2, 0) is 11.3 Å². The topological polar surface area (TPSA) is 50.3 Å². The molecule has 1 atom stereocenters. The molecule has 5 nitrogen and oxygen atoms in total. The fraction of sp³-hybridized carbons (Fsp3) is 0.667. The summed E-state index contributed by atoms with van der Waals surface area (Å²) in [6, 6.07) is 1.94. The molecule has 0 aromatic carbocycles. The highest BCUT2D eigenvalue weighted by molar-refractivity contribution is 5.05. The van der Waals surface area contributed by atoms with Crippen molar-refractivity contribution in [3.05, 3.63) is 23.8 Å². The van der Waals surface area contributed by atoms with Crippen molar-refractivity contribution >= 4 is 0 Å². The number of nitrogens with one attached hydrogen (secondary N) is 1. The molecule has 17 heavy (non-hydrogen) atoms. The van der Waals surface area contributed by atoms with Gasteiger partial charge in [0.15, 0.2) is 5.82 Å². The van der Waals surface area contributed by atoms with Gasteiger partial charge in [0.25, 0.3) is 0 Å². The van der Waals surface area contributed by atoms with E-state index in [0.29, 0.717) is 0 Å². The van der Waals surface area contributed by atoms with Crippen LogP contribution >= 0.6 is 0 Å². The lowest BCUT2D eigenvalue weighted by molar-refractivity contribution is -0.0256. The first kappa shape index (κ1) is 12.4. The van der Waals surface area contributed by atoms with E-state index >= 15 is 0 Å². The van der Waals surface area contributed by atoms with Gasteiger partial charge < -0.3 is 15.0 Å². The number of morpholine rings is 1. The van der Waals surface area contributed by atoms with Crippen LogP contribution < -0.4 is 5.32 Å². The van der Waals surface area contributed by atoms with E-state index < -0.39 is 0 Å². The highest BCUT2D eigenvalue weighted by Gasteiger charge is 2.21. The van der Waals surface area contributed by atoms with Crippen LogP contribution in [0.4, 0.5) is 0 Å². The van der Waals surface area contributed by atoms with Gasteiger partial charge in [-0.15, -0.1) is 0 Å². The van der Waals surface area contributed by atoms with E-state index in [4.69, 9.17) is 4.74 Å². The van der Waals surface area contributed by atoms with Gasteiger partial charge in [0.2, 0.25) is 0 Å².